The average Bonchev–Trinajstić information content (AvgIpc) is 2.89. The number of benzene rings is 2. The second kappa shape index (κ2) is 12.5. The van der Waals surface area contributed by atoms with Crippen LogP contribution >= 0.6 is 0 Å². The molecule has 0 spiro atoms. The molecule has 0 heterocycles. The van der Waals surface area contributed by atoms with Gasteiger partial charge in [-0.3, -0.25) is 0 Å². The normalized spacial score (nSPS) is 16.3. The van der Waals surface area contributed by atoms with Crippen molar-refractivity contribution in [2.24, 2.45) is 0 Å². The van der Waals surface area contributed by atoms with E-state index in [2.05, 4.69) is 95.2 Å². The first-order valence-corrected chi connectivity index (χ1v) is 21.9. The number of aryl methyl sites for hydroxylation is 2. The molecule has 0 unspecified atom stereocenters. The molecule has 0 amide bonds. The number of hydrogen-bond donors (Lipinski definition) is 2. The van der Waals surface area contributed by atoms with Gasteiger partial charge < -0.3 is 10.2 Å². The number of phenols is 2. The molecule has 0 radical (unpaired) electrons. The van der Waals surface area contributed by atoms with E-state index >= 15 is 0 Å². The number of aromatic hydroxyl groups is 2. The van der Waals surface area contributed by atoms with Crippen LogP contribution in [0.3, 0.4) is 0 Å². The van der Waals surface area contributed by atoms with Crippen LogP contribution in [0.5, 0.6) is 11.5 Å². The van der Waals surface area contributed by atoms with Crippen molar-refractivity contribution in [3.05, 3.63) is 34.4 Å². The van der Waals surface area contributed by atoms with Crippen LogP contribution in [0.4, 0.5) is 0 Å². The zero-order chi connectivity index (χ0) is 31.3. The molecule has 2 aliphatic carbocycles. The highest BCUT2D eigenvalue weighted by Gasteiger charge is 2.49. The minimum atomic E-state index is -2.15. The van der Waals surface area contributed by atoms with Crippen LogP contribution in [-0.2, 0) is 25.7 Å². The van der Waals surface area contributed by atoms with Gasteiger partial charge >= 0.3 is 0 Å². The molecule has 0 bridgehead atoms. The van der Waals surface area contributed by atoms with Crippen molar-refractivity contribution in [2.75, 3.05) is 0 Å². The van der Waals surface area contributed by atoms with Crippen molar-refractivity contribution >= 4 is 26.5 Å². The monoisotopic (exact) mass is 606 g/mol. The zero-order valence-electron chi connectivity index (χ0n) is 29.2. The summed E-state index contributed by atoms with van der Waals surface area (Å²) in [5.41, 5.74) is 10.6. The Bertz CT molecular complexity index is 1140. The lowest BCUT2D eigenvalue weighted by Crippen LogP contribution is -2.56. The van der Waals surface area contributed by atoms with Gasteiger partial charge in [0.1, 0.15) is 11.5 Å². The molecule has 0 saturated carbocycles. The van der Waals surface area contributed by atoms with Crippen molar-refractivity contribution in [1.82, 2.24) is 0 Å². The fourth-order valence-corrected chi connectivity index (χ4v) is 24.5. The van der Waals surface area contributed by atoms with Crippen LogP contribution < -0.4 is 10.4 Å². The van der Waals surface area contributed by atoms with Crippen LogP contribution in [-0.4, -0.2) is 26.4 Å². The van der Waals surface area contributed by atoms with Crippen molar-refractivity contribution in [2.45, 2.75) is 168 Å². The molecule has 42 heavy (non-hydrogen) atoms. The van der Waals surface area contributed by atoms with Gasteiger partial charge in [0.05, 0.1) is 16.1 Å². The minimum absolute atomic E-state index is 0.509. The summed E-state index contributed by atoms with van der Waals surface area (Å²) in [7, 11) is -4.30. The van der Waals surface area contributed by atoms with E-state index in [0.717, 1.165) is 49.7 Å². The highest BCUT2D eigenvalue weighted by atomic mass is 28.3. The van der Waals surface area contributed by atoms with Crippen LogP contribution in [0.2, 0.25) is 33.2 Å². The molecule has 4 rings (SSSR count). The van der Waals surface area contributed by atoms with Crippen molar-refractivity contribution in [3.63, 3.8) is 0 Å². The number of hydrogen-bond acceptors (Lipinski definition) is 2. The number of phenolic OH excluding ortho intramolecular Hbond substituents is 2. The maximum Gasteiger partial charge on any atom is 0.123 e. The fraction of sp³-hybridized carbons (Fsp3) is 0.684. The molecule has 2 aliphatic rings. The molecule has 0 fully saturated rings. The van der Waals surface area contributed by atoms with Gasteiger partial charge in [0.15, 0.2) is 0 Å². The molecular formula is C38H62O2Si2. The molecule has 4 heteroatoms. The maximum atomic E-state index is 12.8. The Morgan fingerprint density at radius 3 is 0.976 bits per heavy atom. The predicted molar refractivity (Wildman–Crippen MR) is 190 cm³/mol. The smallest absolute Gasteiger partial charge is 0.123 e. The summed E-state index contributed by atoms with van der Waals surface area (Å²) in [5, 5.41) is 28.0. The van der Waals surface area contributed by atoms with E-state index in [1.54, 1.807) is 0 Å². The van der Waals surface area contributed by atoms with Crippen molar-refractivity contribution < 1.29 is 10.2 Å². The topological polar surface area (TPSA) is 40.5 Å². The van der Waals surface area contributed by atoms with Crippen LogP contribution in [0, 0.1) is 0 Å². The van der Waals surface area contributed by atoms with E-state index in [0.29, 0.717) is 44.7 Å². The van der Waals surface area contributed by atoms with Gasteiger partial charge in [-0.05, 0) is 117 Å². The second-order valence-electron chi connectivity index (χ2n) is 15.8. The lowest BCUT2D eigenvalue weighted by Gasteiger charge is -2.46. The summed E-state index contributed by atoms with van der Waals surface area (Å²) in [6.45, 7) is 28.8. The molecule has 0 saturated heterocycles. The summed E-state index contributed by atoms with van der Waals surface area (Å²) in [4.78, 5) is 0. The molecule has 0 aliphatic heterocycles. The van der Waals surface area contributed by atoms with Crippen molar-refractivity contribution in [3.8, 4) is 22.6 Å². The Morgan fingerprint density at radius 2 is 0.714 bits per heavy atom. The van der Waals surface area contributed by atoms with Crippen LogP contribution in [0.15, 0.2) is 12.1 Å². The third-order valence-corrected chi connectivity index (χ3v) is 26.3. The van der Waals surface area contributed by atoms with E-state index < -0.39 is 16.1 Å². The zero-order valence-corrected chi connectivity index (χ0v) is 31.2. The first kappa shape index (κ1) is 33.4. The Labute approximate surface area is 260 Å². The fourth-order valence-electron chi connectivity index (χ4n) is 10.9. The predicted octanol–water partition coefficient (Wildman–Crippen LogP) is 10.3. The summed E-state index contributed by atoms with van der Waals surface area (Å²) in [6, 6.07) is 4.92. The van der Waals surface area contributed by atoms with Gasteiger partial charge in [-0.1, -0.05) is 95.2 Å². The summed E-state index contributed by atoms with van der Waals surface area (Å²) in [6.07, 6.45) is 8.90. The molecule has 2 nitrogen and oxygen atoms in total. The Morgan fingerprint density at radius 1 is 0.452 bits per heavy atom. The van der Waals surface area contributed by atoms with E-state index in [1.165, 1.54) is 45.5 Å². The van der Waals surface area contributed by atoms with Gasteiger partial charge in [-0.2, -0.15) is 0 Å². The highest BCUT2D eigenvalue weighted by molar-refractivity contribution is 6.96. The highest BCUT2D eigenvalue weighted by Crippen LogP contribution is 2.51. The molecule has 2 aromatic rings. The van der Waals surface area contributed by atoms with Gasteiger partial charge in [-0.15, -0.1) is 0 Å². The number of rotatable bonds is 9. The molecule has 2 N–H and O–H groups in total. The minimum Gasteiger partial charge on any atom is -0.507 e. The van der Waals surface area contributed by atoms with Gasteiger partial charge in [0.25, 0.3) is 0 Å². The van der Waals surface area contributed by atoms with Gasteiger partial charge in [0, 0.05) is 11.1 Å². The molecule has 234 valence electrons. The Kier molecular flexibility index (Phi) is 9.90. The Balaban J connectivity index is 2.23. The van der Waals surface area contributed by atoms with Crippen molar-refractivity contribution in [1.29, 1.82) is 0 Å². The standard InChI is InChI=1S/C38H62O2Si2/c1-23(2)41(24(3)4,25(5)6)33-21-29-17-13-15-19-31(29)35(37(33)39)36-32-20-16-14-18-30(32)22-34(38(36)40)42(26(7)8,27(9)10)28(11)12/h21-28,39-40H,13-20H2,1-12H3. The van der Waals surface area contributed by atoms with E-state index in [-0.39, 0.29) is 0 Å². The molecule has 0 aromatic heterocycles. The summed E-state index contributed by atoms with van der Waals surface area (Å²) in [5.74, 6) is 1.04. The largest absolute Gasteiger partial charge is 0.507 e. The Hall–Kier alpha value is -1.53. The first-order valence-electron chi connectivity index (χ1n) is 17.4. The van der Waals surface area contributed by atoms with Crippen LogP contribution in [0.25, 0.3) is 11.1 Å². The molecule has 2 aromatic carbocycles. The van der Waals surface area contributed by atoms with E-state index in [1.807, 2.05) is 0 Å². The van der Waals surface area contributed by atoms with E-state index in [9.17, 15) is 10.2 Å². The second-order valence-corrected chi connectivity index (χ2v) is 27.5. The average molecular weight is 607 g/mol. The summed E-state index contributed by atoms with van der Waals surface area (Å²) < 4.78 is 0. The number of fused-ring (bicyclic) bond motifs is 2. The third kappa shape index (κ3) is 4.95. The lowest BCUT2D eigenvalue weighted by atomic mass is 9.80. The van der Waals surface area contributed by atoms with Crippen LogP contribution in [0.1, 0.15) is 131 Å². The molecular weight excluding hydrogens is 545 g/mol. The quantitative estimate of drug-likeness (QED) is 0.279. The van der Waals surface area contributed by atoms with E-state index in [4.69, 9.17) is 0 Å². The summed E-state index contributed by atoms with van der Waals surface area (Å²) >= 11 is 0. The SMILES string of the molecule is CC(C)[Si](c1cc2c(c(-c3c(O)c([Si](C(C)C)(C(C)C)C(C)C)cc4c3CCCC4)c1O)CCCC2)(C(C)C)C(C)C. The maximum absolute atomic E-state index is 12.8. The van der Waals surface area contributed by atoms with Gasteiger partial charge in [0.2, 0.25) is 0 Å². The third-order valence-electron chi connectivity index (χ3n) is 12.2. The lowest BCUT2D eigenvalue weighted by molar-refractivity contribution is 0.469. The van der Waals surface area contributed by atoms with Gasteiger partial charge in [-0.25, -0.2) is 0 Å². The molecule has 0 atom stereocenters. The first-order chi connectivity index (χ1) is 19.7.